The molecule has 0 amide bonds. The molecule has 1 aromatic carbocycles. The van der Waals surface area contributed by atoms with Crippen molar-refractivity contribution >= 4 is 5.96 Å². The second-order valence-corrected chi connectivity index (χ2v) is 6.41. The van der Waals surface area contributed by atoms with Crippen LogP contribution in [0.25, 0.3) is 5.69 Å². The van der Waals surface area contributed by atoms with Crippen LogP contribution >= 0.6 is 0 Å². The van der Waals surface area contributed by atoms with Gasteiger partial charge in [0.2, 0.25) is 0 Å². The number of aliphatic imine (C=N–C) groups is 1. The molecule has 1 aromatic heterocycles. The van der Waals surface area contributed by atoms with E-state index in [9.17, 15) is 0 Å². The Balaban J connectivity index is 1.63. The maximum absolute atomic E-state index is 5.47. The summed E-state index contributed by atoms with van der Waals surface area (Å²) in [5.74, 6) is 1.52. The van der Waals surface area contributed by atoms with E-state index in [4.69, 9.17) is 9.73 Å². The van der Waals surface area contributed by atoms with Gasteiger partial charge in [0.15, 0.2) is 5.96 Å². The highest BCUT2D eigenvalue weighted by Crippen LogP contribution is 2.13. The monoisotopic (exact) mass is 341 g/mol. The molecule has 0 radical (unpaired) electrons. The van der Waals surface area contributed by atoms with Gasteiger partial charge in [0.1, 0.15) is 0 Å². The maximum Gasteiger partial charge on any atom is 0.193 e. The molecular formula is C19H27N5O. The predicted molar refractivity (Wildman–Crippen MR) is 99.9 cm³/mol. The summed E-state index contributed by atoms with van der Waals surface area (Å²) in [6.45, 7) is 6.26. The Hall–Kier alpha value is -2.34. The van der Waals surface area contributed by atoms with Gasteiger partial charge in [0.05, 0.1) is 25.0 Å². The summed E-state index contributed by atoms with van der Waals surface area (Å²) in [4.78, 5) is 6.97. The minimum atomic E-state index is 0.592. The molecule has 1 fully saturated rings. The number of nitrogens with one attached hydrogen (secondary N) is 1. The summed E-state index contributed by atoms with van der Waals surface area (Å²) < 4.78 is 7.36. The van der Waals surface area contributed by atoms with Crippen molar-refractivity contribution in [3.05, 3.63) is 48.3 Å². The summed E-state index contributed by atoms with van der Waals surface area (Å²) in [7, 11) is 2.09. The third-order valence-electron chi connectivity index (χ3n) is 4.32. The number of aromatic nitrogens is 2. The average Bonchev–Trinajstić information content (AvgIpc) is 3.31. The lowest BCUT2D eigenvalue weighted by molar-refractivity contribution is 0.181. The number of nitrogens with zero attached hydrogens (tertiary/aromatic N) is 4. The summed E-state index contributed by atoms with van der Waals surface area (Å²) in [5, 5.41) is 7.81. The van der Waals surface area contributed by atoms with Crippen molar-refractivity contribution in [2.24, 2.45) is 10.9 Å². The van der Waals surface area contributed by atoms with Crippen molar-refractivity contribution in [1.29, 1.82) is 0 Å². The first-order valence-corrected chi connectivity index (χ1v) is 8.92. The molecule has 1 unspecified atom stereocenters. The average molecular weight is 341 g/mol. The number of ether oxygens (including phenoxy) is 1. The maximum atomic E-state index is 5.47. The van der Waals surface area contributed by atoms with Gasteiger partial charge in [-0.1, -0.05) is 18.2 Å². The molecule has 0 aliphatic carbocycles. The SMILES string of the molecule is CCNC(=NCc1cnn(-c2ccccc2)c1)N(C)CC1CCOC1. The zero-order valence-electron chi connectivity index (χ0n) is 15.1. The van der Waals surface area contributed by atoms with E-state index in [1.54, 1.807) is 0 Å². The van der Waals surface area contributed by atoms with Crippen LogP contribution in [0, 0.1) is 5.92 Å². The van der Waals surface area contributed by atoms with Gasteiger partial charge in [0.25, 0.3) is 0 Å². The molecule has 0 bridgehead atoms. The molecule has 2 aromatic rings. The van der Waals surface area contributed by atoms with Gasteiger partial charge in [0, 0.05) is 44.4 Å². The zero-order valence-corrected chi connectivity index (χ0v) is 15.1. The largest absolute Gasteiger partial charge is 0.381 e. The van der Waals surface area contributed by atoms with E-state index in [1.807, 2.05) is 47.4 Å². The van der Waals surface area contributed by atoms with E-state index in [1.165, 1.54) is 0 Å². The van der Waals surface area contributed by atoms with Gasteiger partial charge < -0.3 is 15.0 Å². The lowest BCUT2D eigenvalue weighted by Crippen LogP contribution is -2.41. The highest BCUT2D eigenvalue weighted by molar-refractivity contribution is 5.79. The highest BCUT2D eigenvalue weighted by atomic mass is 16.5. The first kappa shape index (κ1) is 17.5. The fraction of sp³-hybridized carbons (Fsp3) is 0.474. The van der Waals surface area contributed by atoms with Crippen molar-refractivity contribution in [1.82, 2.24) is 20.0 Å². The van der Waals surface area contributed by atoms with Crippen molar-refractivity contribution in [2.75, 3.05) is 33.4 Å². The van der Waals surface area contributed by atoms with Crippen molar-refractivity contribution < 1.29 is 4.74 Å². The van der Waals surface area contributed by atoms with Crippen LogP contribution in [-0.4, -0.2) is 54.0 Å². The van der Waals surface area contributed by atoms with E-state index >= 15 is 0 Å². The van der Waals surface area contributed by atoms with Gasteiger partial charge in [-0.05, 0) is 25.5 Å². The summed E-state index contributed by atoms with van der Waals surface area (Å²) >= 11 is 0. The summed E-state index contributed by atoms with van der Waals surface area (Å²) in [5.41, 5.74) is 2.15. The van der Waals surface area contributed by atoms with E-state index in [0.29, 0.717) is 12.5 Å². The molecule has 25 heavy (non-hydrogen) atoms. The lowest BCUT2D eigenvalue weighted by atomic mass is 10.1. The third-order valence-corrected chi connectivity index (χ3v) is 4.32. The first-order valence-electron chi connectivity index (χ1n) is 8.92. The molecule has 134 valence electrons. The zero-order chi connectivity index (χ0) is 17.5. The van der Waals surface area contributed by atoms with Crippen LogP contribution in [0.3, 0.4) is 0 Å². The normalized spacial score (nSPS) is 17.7. The Labute approximate surface area is 149 Å². The van der Waals surface area contributed by atoms with Crippen LogP contribution in [0.15, 0.2) is 47.7 Å². The van der Waals surface area contributed by atoms with Gasteiger partial charge in [-0.3, -0.25) is 0 Å². The van der Waals surface area contributed by atoms with Crippen LogP contribution in [0.1, 0.15) is 18.9 Å². The Morgan fingerprint density at radius 3 is 2.96 bits per heavy atom. The van der Waals surface area contributed by atoms with Crippen LogP contribution in [0.5, 0.6) is 0 Å². The van der Waals surface area contributed by atoms with Gasteiger partial charge in [-0.2, -0.15) is 5.10 Å². The minimum Gasteiger partial charge on any atom is -0.381 e. The Bertz CT molecular complexity index is 676. The van der Waals surface area contributed by atoms with E-state index in [0.717, 1.165) is 49.9 Å². The second-order valence-electron chi connectivity index (χ2n) is 6.41. The molecule has 1 N–H and O–H groups in total. The molecular weight excluding hydrogens is 314 g/mol. The molecule has 1 aliphatic heterocycles. The Morgan fingerprint density at radius 2 is 2.24 bits per heavy atom. The number of guanidine groups is 1. The molecule has 2 heterocycles. The molecule has 3 rings (SSSR count). The number of rotatable bonds is 6. The number of hydrogen-bond donors (Lipinski definition) is 1. The molecule has 6 nitrogen and oxygen atoms in total. The van der Waals surface area contributed by atoms with Crippen molar-refractivity contribution in [3.63, 3.8) is 0 Å². The van der Waals surface area contributed by atoms with Crippen molar-refractivity contribution in [3.8, 4) is 5.69 Å². The van der Waals surface area contributed by atoms with E-state index in [2.05, 4.69) is 29.3 Å². The van der Waals surface area contributed by atoms with Gasteiger partial charge in [-0.25, -0.2) is 9.67 Å². The van der Waals surface area contributed by atoms with Crippen LogP contribution in [0.4, 0.5) is 0 Å². The molecule has 0 spiro atoms. The number of benzene rings is 1. The fourth-order valence-electron chi connectivity index (χ4n) is 3.00. The molecule has 1 saturated heterocycles. The summed E-state index contributed by atoms with van der Waals surface area (Å²) in [6, 6.07) is 10.1. The topological polar surface area (TPSA) is 54.7 Å². The Kier molecular flexibility index (Phi) is 6.06. The molecule has 1 atom stereocenters. The van der Waals surface area contributed by atoms with Crippen LogP contribution in [0.2, 0.25) is 0 Å². The van der Waals surface area contributed by atoms with E-state index < -0.39 is 0 Å². The lowest BCUT2D eigenvalue weighted by Gasteiger charge is -2.24. The summed E-state index contributed by atoms with van der Waals surface area (Å²) in [6.07, 6.45) is 5.05. The highest BCUT2D eigenvalue weighted by Gasteiger charge is 2.19. The third kappa shape index (κ3) is 4.82. The predicted octanol–water partition coefficient (Wildman–Crippen LogP) is 2.31. The van der Waals surface area contributed by atoms with Gasteiger partial charge in [-0.15, -0.1) is 0 Å². The van der Waals surface area contributed by atoms with Crippen LogP contribution < -0.4 is 5.32 Å². The molecule has 1 aliphatic rings. The van der Waals surface area contributed by atoms with Crippen molar-refractivity contribution in [2.45, 2.75) is 19.9 Å². The number of para-hydroxylation sites is 1. The van der Waals surface area contributed by atoms with E-state index in [-0.39, 0.29) is 0 Å². The number of hydrogen-bond acceptors (Lipinski definition) is 3. The van der Waals surface area contributed by atoms with Crippen LogP contribution in [-0.2, 0) is 11.3 Å². The fourth-order valence-corrected chi connectivity index (χ4v) is 3.00. The molecule has 0 saturated carbocycles. The Morgan fingerprint density at radius 1 is 1.40 bits per heavy atom. The quantitative estimate of drug-likeness (QED) is 0.647. The first-order chi connectivity index (χ1) is 12.3. The second kappa shape index (κ2) is 8.67. The minimum absolute atomic E-state index is 0.592. The molecule has 6 heteroatoms. The standard InChI is InChI=1S/C19H27N5O/c1-3-20-19(23(2)13-16-9-10-25-15-16)21-11-17-12-22-24(14-17)18-7-5-4-6-8-18/h4-8,12,14,16H,3,9-11,13,15H2,1-2H3,(H,20,21). The smallest absolute Gasteiger partial charge is 0.193 e. The van der Waals surface area contributed by atoms with Gasteiger partial charge >= 0.3 is 0 Å².